The first-order valence-electron chi connectivity index (χ1n) is 16.0. The van der Waals surface area contributed by atoms with Gasteiger partial charge in [-0.2, -0.15) is 13.2 Å². The van der Waals surface area contributed by atoms with E-state index in [1.54, 1.807) is 20.8 Å². The van der Waals surface area contributed by atoms with Gasteiger partial charge in [0.25, 0.3) is 0 Å². The fourth-order valence-corrected chi connectivity index (χ4v) is 6.33. The zero-order valence-corrected chi connectivity index (χ0v) is 27.3. The normalized spacial score (nSPS) is 17.9. The molecule has 1 unspecified atom stereocenters. The molecule has 1 saturated heterocycles. The van der Waals surface area contributed by atoms with Crippen LogP contribution in [0.4, 0.5) is 13.2 Å². The highest BCUT2D eigenvalue weighted by Gasteiger charge is 2.40. The van der Waals surface area contributed by atoms with Crippen molar-refractivity contribution in [3.8, 4) is 0 Å². The summed E-state index contributed by atoms with van der Waals surface area (Å²) in [4.78, 5) is 31.6. The van der Waals surface area contributed by atoms with E-state index in [1.807, 2.05) is 36.4 Å². The maximum atomic E-state index is 13.7. The van der Waals surface area contributed by atoms with Crippen LogP contribution in [0, 0.1) is 0 Å². The maximum absolute atomic E-state index is 13.7. The summed E-state index contributed by atoms with van der Waals surface area (Å²) in [6.07, 6.45) is -5.17. The molecule has 3 N–H and O–H groups in total. The van der Waals surface area contributed by atoms with Crippen LogP contribution < -0.4 is 11.1 Å². The van der Waals surface area contributed by atoms with Crippen LogP contribution >= 0.6 is 0 Å². The molecule has 2 heterocycles. The first-order chi connectivity index (χ1) is 22.9. The van der Waals surface area contributed by atoms with E-state index < -0.39 is 35.7 Å². The number of nitrogens with one attached hydrogen (secondary N) is 1. The molecule has 0 aromatic heterocycles. The molecule has 1 fully saturated rings. The molecule has 0 saturated carbocycles. The Hall–Kier alpha value is -4.61. The molecule has 3 aromatic rings. The largest absolute Gasteiger partial charge is 0.461 e. The highest BCUT2D eigenvalue weighted by Crippen LogP contribution is 2.40. The van der Waals surface area contributed by atoms with Gasteiger partial charge in [-0.1, -0.05) is 78.9 Å². The lowest BCUT2D eigenvalue weighted by Crippen LogP contribution is -2.48. The third-order valence-electron chi connectivity index (χ3n) is 8.57. The number of ether oxygens (including phenoxy) is 2. The number of rotatable bonds is 10. The van der Waals surface area contributed by atoms with Crippen molar-refractivity contribution in [3.05, 3.63) is 130 Å². The first kappa shape index (κ1) is 34.7. The second-order valence-electron chi connectivity index (χ2n) is 12.2. The van der Waals surface area contributed by atoms with Gasteiger partial charge < -0.3 is 20.5 Å². The number of dihydropyridines is 1. The van der Waals surface area contributed by atoms with Gasteiger partial charge in [-0.15, -0.1) is 0 Å². The number of alkyl halides is 3. The van der Waals surface area contributed by atoms with Crippen LogP contribution in [0.25, 0.3) is 0 Å². The molecule has 3 aromatic carbocycles. The van der Waals surface area contributed by atoms with Gasteiger partial charge in [0, 0.05) is 38.4 Å². The van der Waals surface area contributed by atoms with Crippen molar-refractivity contribution < 1.29 is 32.2 Å². The minimum absolute atomic E-state index is 0.00221. The van der Waals surface area contributed by atoms with Gasteiger partial charge in [0.2, 0.25) is 0 Å². The predicted octanol–water partition coefficient (Wildman–Crippen LogP) is 5.74. The number of nitrogens with zero attached hydrogens (tertiary/aromatic N) is 2. The second-order valence-corrected chi connectivity index (χ2v) is 12.2. The van der Waals surface area contributed by atoms with Gasteiger partial charge in [-0.05, 0) is 43.5 Å². The summed E-state index contributed by atoms with van der Waals surface area (Å²) in [6.45, 7) is 8.50. The average molecular weight is 663 g/mol. The molecule has 254 valence electrons. The smallest absolute Gasteiger partial charge is 0.416 e. The Morgan fingerprint density at radius 3 is 2.04 bits per heavy atom. The number of piperazine rings is 1. The molecule has 2 aliphatic rings. The topological polar surface area (TPSA) is 97.1 Å². The van der Waals surface area contributed by atoms with E-state index in [4.69, 9.17) is 15.2 Å². The third-order valence-corrected chi connectivity index (χ3v) is 8.57. The van der Waals surface area contributed by atoms with Crippen molar-refractivity contribution in [2.45, 2.75) is 45.0 Å². The number of esters is 2. The zero-order valence-electron chi connectivity index (χ0n) is 27.3. The summed E-state index contributed by atoms with van der Waals surface area (Å²) >= 11 is 0. The van der Waals surface area contributed by atoms with E-state index >= 15 is 0 Å². The second kappa shape index (κ2) is 15.1. The van der Waals surface area contributed by atoms with Gasteiger partial charge in [0.1, 0.15) is 12.4 Å². The molecule has 2 aliphatic heterocycles. The molecule has 8 nitrogen and oxygen atoms in total. The quantitative estimate of drug-likeness (QED) is 0.266. The van der Waals surface area contributed by atoms with Gasteiger partial charge in [-0.25, -0.2) is 9.59 Å². The highest BCUT2D eigenvalue weighted by molar-refractivity contribution is 5.99. The Morgan fingerprint density at radius 1 is 0.875 bits per heavy atom. The molecule has 0 spiro atoms. The van der Waals surface area contributed by atoms with Crippen LogP contribution in [0.2, 0.25) is 0 Å². The van der Waals surface area contributed by atoms with Crippen LogP contribution in [0.3, 0.4) is 0 Å². The number of carbonyl (C=O) groups excluding carboxylic acids is 2. The molecule has 0 aliphatic carbocycles. The average Bonchev–Trinajstić information content (AvgIpc) is 3.05. The van der Waals surface area contributed by atoms with E-state index in [-0.39, 0.29) is 40.9 Å². The van der Waals surface area contributed by atoms with Crippen molar-refractivity contribution in [2.75, 3.05) is 39.3 Å². The van der Waals surface area contributed by atoms with Gasteiger partial charge >= 0.3 is 18.1 Å². The molecule has 1 atom stereocenters. The maximum Gasteiger partial charge on any atom is 0.416 e. The number of hydrogen-bond donors (Lipinski definition) is 2. The van der Waals surface area contributed by atoms with Gasteiger partial charge in [-0.3, -0.25) is 9.80 Å². The number of carbonyl (C=O) groups is 2. The molecular formula is C37H41F3N4O4. The number of nitrogens with two attached hydrogens (primary N) is 1. The number of allylic oxidation sites excluding steroid dienone is 1. The van der Waals surface area contributed by atoms with Crippen LogP contribution in [-0.2, 0) is 25.2 Å². The summed E-state index contributed by atoms with van der Waals surface area (Å²) in [7, 11) is 0. The van der Waals surface area contributed by atoms with Crippen molar-refractivity contribution in [1.29, 1.82) is 0 Å². The van der Waals surface area contributed by atoms with Crippen molar-refractivity contribution in [3.63, 3.8) is 0 Å². The van der Waals surface area contributed by atoms with E-state index in [0.29, 0.717) is 6.54 Å². The standard InChI is InChI=1S/C37H41F3N4O4/c1-24(2)48-36(46)32-31(28-15-10-16-29(23-28)37(38,39)40)30(25(3)42-34(32)41)35(45)47-22-21-43-17-19-44(20-18-43)33(26-11-6-4-7-12-26)27-13-8-5-9-14-27/h4-16,23-24,31,33,42H,17-22,41H2,1-3H3. The Morgan fingerprint density at radius 2 is 1.48 bits per heavy atom. The Bertz CT molecular complexity index is 1610. The first-order valence-corrected chi connectivity index (χ1v) is 16.0. The molecule has 5 rings (SSSR count). The van der Waals surface area contributed by atoms with E-state index in [9.17, 15) is 22.8 Å². The van der Waals surface area contributed by atoms with Crippen molar-refractivity contribution in [1.82, 2.24) is 15.1 Å². The zero-order chi connectivity index (χ0) is 34.4. The van der Waals surface area contributed by atoms with Crippen molar-refractivity contribution >= 4 is 11.9 Å². The van der Waals surface area contributed by atoms with Gasteiger partial charge in [0.15, 0.2) is 0 Å². The third kappa shape index (κ3) is 8.08. The van der Waals surface area contributed by atoms with E-state index in [2.05, 4.69) is 39.4 Å². The number of benzene rings is 3. The monoisotopic (exact) mass is 662 g/mol. The molecule has 0 radical (unpaired) electrons. The van der Waals surface area contributed by atoms with Gasteiger partial charge in [0.05, 0.1) is 34.8 Å². The molecule has 48 heavy (non-hydrogen) atoms. The summed E-state index contributed by atoms with van der Waals surface area (Å²) in [5.74, 6) is -2.92. The minimum Gasteiger partial charge on any atom is -0.461 e. The Balaban J connectivity index is 1.28. The fraction of sp³-hybridized carbons (Fsp3) is 0.351. The van der Waals surface area contributed by atoms with E-state index in [1.165, 1.54) is 23.3 Å². The summed E-state index contributed by atoms with van der Waals surface area (Å²) in [5.41, 5.74) is 7.93. The number of halogens is 3. The molecule has 0 amide bonds. The summed E-state index contributed by atoms with van der Waals surface area (Å²) < 4.78 is 52.2. The minimum atomic E-state index is -4.64. The number of hydrogen-bond acceptors (Lipinski definition) is 8. The lowest BCUT2D eigenvalue weighted by atomic mass is 9.81. The SMILES string of the molecule is CC1=C(C(=O)OCCN2CCN(C(c3ccccc3)c3ccccc3)CC2)C(c2cccc(C(F)(F)F)c2)C(C(=O)OC(C)C)=C(N)N1. The molecular weight excluding hydrogens is 621 g/mol. The predicted molar refractivity (Wildman–Crippen MR) is 176 cm³/mol. The summed E-state index contributed by atoms with van der Waals surface area (Å²) in [6, 6.07) is 25.4. The lowest BCUT2D eigenvalue weighted by molar-refractivity contribution is -0.143. The Kier molecular flexibility index (Phi) is 10.9. The molecule has 0 bridgehead atoms. The van der Waals surface area contributed by atoms with Crippen LogP contribution in [0.1, 0.15) is 55.0 Å². The fourth-order valence-electron chi connectivity index (χ4n) is 6.33. The van der Waals surface area contributed by atoms with E-state index in [0.717, 1.165) is 38.3 Å². The van der Waals surface area contributed by atoms with Crippen LogP contribution in [0.15, 0.2) is 108 Å². The highest BCUT2D eigenvalue weighted by atomic mass is 19.4. The van der Waals surface area contributed by atoms with Crippen molar-refractivity contribution in [2.24, 2.45) is 5.73 Å². The van der Waals surface area contributed by atoms with Crippen LogP contribution in [0.5, 0.6) is 0 Å². The molecule has 11 heteroatoms. The van der Waals surface area contributed by atoms with Crippen LogP contribution in [-0.4, -0.2) is 67.2 Å². The Labute approximate surface area is 279 Å². The summed E-state index contributed by atoms with van der Waals surface area (Å²) in [5, 5.41) is 2.84. The lowest BCUT2D eigenvalue weighted by Gasteiger charge is -2.39.